The Labute approximate surface area is 172 Å². The Morgan fingerprint density at radius 2 is 2.10 bits per heavy atom. The van der Waals surface area contributed by atoms with Gasteiger partial charge in [0, 0.05) is 51.3 Å². The number of carbonyl (C=O) groups is 3. The first-order valence-electron chi connectivity index (χ1n) is 10.8. The Morgan fingerprint density at radius 3 is 2.83 bits per heavy atom. The zero-order chi connectivity index (χ0) is 21.0. The van der Waals surface area contributed by atoms with Crippen molar-refractivity contribution >= 4 is 17.8 Å². The van der Waals surface area contributed by atoms with Gasteiger partial charge in [0.05, 0.1) is 18.7 Å². The Balaban J connectivity index is 1.53. The second-order valence-electron chi connectivity index (χ2n) is 8.69. The van der Waals surface area contributed by atoms with Crippen molar-refractivity contribution in [3.8, 4) is 0 Å². The molecule has 0 aliphatic carbocycles. The molecular formula is C20H35N5O4. The number of fused-ring (bicyclic) bond motifs is 1. The fourth-order valence-corrected chi connectivity index (χ4v) is 4.80. The van der Waals surface area contributed by atoms with Crippen molar-refractivity contribution < 1.29 is 19.1 Å². The maximum Gasteiger partial charge on any atom is 0.315 e. The van der Waals surface area contributed by atoms with Crippen molar-refractivity contribution in [3.63, 3.8) is 0 Å². The van der Waals surface area contributed by atoms with Crippen LogP contribution in [0.25, 0.3) is 0 Å². The van der Waals surface area contributed by atoms with E-state index in [-0.39, 0.29) is 48.1 Å². The number of carbonyl (C=O) groups excluding carboxylic acids is 3. The quantitative estimate of drug-likeness (QED) is 0.552. The molecule has 3 aliphatic rings. The van der Waals surface area contributed by atoms with Gasteiger partial charge >= 0.3 is 6.03 Å². The zero-order valence-corrected chi connectivity index (χ0v) is 17.8. The van der Waals surface area contributed by atoms with Gasteiger partial charge in [-0.1, -0.05) is 0 Å². The molecule has 3 saturated heterocycles. The summed E-state index contributed by atoms with van der Waals surface area (Å²) in [4.78, 5) is 41.2. The van der Waals surface area contributed by atoms with Gasteiger partial charge in [0.1, 0.15) is 0 Å². The average molecular weight is 410 g/mol. The summed E-state index contributed by atoms with van der Waals surface area (Å²) in [5, 5.41) is 8.78. The minimum Gasteiger partial charge on any atom is -0.383 e. The van der Waals surface area contributed by atoms with Gasteiger partial charge in [0.2, 0.25) is 11.8 Å². The lowest BCUT2D eigenvalue weighted by Crippen LogP contribution is -2.58. The lowest BCUT2D eigenvalue weighted by Gasteiger charge is -2.37. The minimum atomic E-state index is -0.235. The summed E-state index contributed by atoms with van der Waals surface area (Å²) in [6.45, 7) is 6.40. The molecule has 9 heteroatoms. The van der Waals surface area contributed by atoms with Crippen molar-refractivity contribution in [3.05, 3.63) is 0 Å². The Bertz CT molecular complexity index is 614. The molecule has 3 N–H and O–H groups in total. The molecule has 0 radical (unpaired) electrons. The molecule has 0 bridgehead atoms. The van der Waals surface area contributed by atoms with Crippen LogP contribution in [0, 0.1) is 0 Å². The molecule has 9 nitrogen and oxygen atoms in total. The summed E-state index contributed by atoms with van der Waals surface area (Å²) in [6.07, 6.45) is 3.80. The van der Waals surface area contributed by atoms with E-state index in [9.17, 15) is 14.4 Å². The highest BCUT2D eigenvalue weighted by molar-refractivity contribution is 5.83. The first-order valence-corrected chi connectivity index (χ1v) is 10.8. The number of hydrogen-bond donors (Lipinski definition) is 3. The highest BCUT2D eigenvalue weighted by atomic mass is 16.5. The summed E-state index contributed by atoms with van der Waals surface area (Å²) >= 11 is 0. The van der Waals surface area contributed by atoms with Crippen LogP contribution in [0.3, 0.4) is 0 Å². The van der Waals surface area contributed by atoms with Gasteiger partial charge < -0.3 is 25.6 Å². The predicted octanol–water partition coefficient (Wildman–Crippen LogP) is 0.0529. The van der Waals surface area contributed by atoms with Crippen molar-refractivity contribution in [1.29, 1.82) is 0 Å². The van der Waals surface area contributed by atoms with Crippen molar-refractivity contribution in [1.82, 2.24) is 25.8 Å². The number of methoxy groups -OCH3 is 1. The zero-order valence-electron chi connectivity index (χ0n) is 17.8. The number of nitrogens with zero attached hydrogens (tertiary/aromatic N) is 2. The summed E-state index contributed by atoms with van der Waals surface area (Å²) in [6, 6.07) is -0.133. The van der Waals surface area contributed by atoms with Gasteiger partial charge in [0.25, 0.3) is 0 Å². The molecule has 0 aromatic heterocycles. The Hall–Kier alpha value is -1.87. The van der Waals surface area contributed by atoms with E-state index in [4.69, 9.17) is 4.74 Å². The average Bonchev–Trinajstić information content (AvgIpc) is 3.28. The number of piperazine rings is 1. The van der Waals surface area contributed by atoms with Crippen molar-refractivity contribution in [2.75, 3.05) is 33.4 Å². The van der Waals surface area contributed by atoms with Gasteiger partial charge in [0.15, 0.2) is 0 Å². The third-order valence-electron chi connectivity index (χ3n) is 6.13. The molecule has 0 saturated carbocycles. The number of hydrogen-bond acceptors (Lipinski definition) is 5. The van der Waals surface area contributed by atoms with Gasteiger partial charge in [-0.05, 0) is 39.5 Å². The van der Waals surface area contributed by atoms with Crippen LogP contribution in [-0.4, -0.2) is 91.2 Å². The minimum absolute atomic E-state index is 0.0147. The SMILES string of the molecule is COCC1CCCN1C(=O)CCC1CNC(=O)C2CC(NC(=O)NC(C)C)CN12. The predicted molar refractivity (Wildman–Crippen MR) is 108 cm³/mol. The number of amides is 4. The number of rotatable bonds is 7. The van der Waals surface area contributed by atoms with Crippen molar-refractivity contribution in [2.45, 2.75) is 76.2 Å². The summed E-state index contributed by atoms with van der Waals surface area (Å²) in [5.74, 6) is 0.184. The molecule has 3 fully saturated rings. The van der Waals surface area contributed by atoms with Crippen LogP contribution in [-0.2, 0) is 14.3 Å². The molecule has 29 heavy (non-hydrogen) atoms. The van der Waals surface area contributed by atoms with E-state index in [1.54, 1.807) is 7.11 Å². The summed E-state index contributed by atoms with van der Waals surface area (Å²) in [7, 11) is 1.67. The van der Waals surface area contributed by atoms with E-state index < -0.39 is 0 Å². The lowest BCUT2D eigenvalue weighted by molar-refractivity contribution is -0.133. The van der Waals surface area contributed by atoms with Crippen LogP contribution in [0.5, 0.6) is 0 Å². The molecule has 4 amide bonds. The van der Waals surface area contributed by atoms with Crippen LogP contribution in [0.4, 0.5) is 4.79 Å². The molecule has 0 aromatic carbocycles. The number of likely N-dealkylation sites (tertiary alicyclic amines) is 1. The largest absolute Gasteiger partial charge is 0.383 e. The fraction of sp³-hybridized carbons (Fsp3) is 0.850. The van der Waals surface area contributed by atoms with Crippen LogP contribution < -0.4 is 16.0 Å². The van der Waals surface area contributed by atoms with Crippen LogP contribution in [0.15, 0.2) is 0 Å². The number of urea groups is 1. The van der Waals surface area contributed by atoms with E-state index in [2.05, 4.69) is 20.9 Å². The normalized spacial score (nSPS) is 29.7. The van der Waals surface area contributed by atoms with Gasteiger partial charge in [-0.15, -0.1) is 0 Å². The fourth-order valence-electron chi connectivity index (χ4n) is 4.80. The molecule has 0 spiro atoms. The van der Waals surface area contributed by atoms with Crippen molar-refractivity contribution in [2.24, 2.45) is 0 Å². The molecule has 4 unspecified atom stereocenters. The number of nitrogens with one attached hydrogen (secondary N) is 3. The van der Waals surface area contributed by atoms with Crippen LogP contribution in [0.1, 0.15) is 46.0 Å². The third kappa shape index (κ3) is 5.39. The molecule has 4 atom stereocenters. The smallest absolute Gasteiger partial charge is 0.315 e. The second kappa shape index (κ2) is 9.75. The van der Waals surface area contributed by atoms with E-state index in [0.29, 0.717) is 39.0 Å². The summed E-state index contributed by atoms with van der Waals surface area (Å²) < 4.78 is 5.25. The molecule has 3 rings (SSSR count). The van der Waals surface area contributed by atoms with Crippen LogP contribution in [0.2, 0.25) is 0 Å². The van der Waals surface area contributed by atoms with E-state index in [1.165, 1.54) is 0 Å². The maximum atomic E-state index is 12.7. The standard InChI is InChI=1S/C20H35N5O4/c1-13(2)22-20(28)23-14-9-17-19(27)21-10-15(25(17)11-14)6-7-18(26)24-8-4-5-16(24)12-29-3/h13-17H,4-12H2,1-3H3,(H,21,27)(H2,22,23,28). The Kier molecular flexibility index (Phi) is 7.34. The van der Waals surface area contributed by atoms with Gasteiger partial charge in [-0.25, -0.2) is 4.79 Å². The summed E-state index contributed by atoms with van der Waals surface area (Å²) in [5.41, 5.74) is 0. The second-order valence-corrected chi connectivity index (χ2v) is 8.69. The molecule has 164 valence electrons. The van der Waals surface area contributed by atoms with E-state index in [0.717, 1.165) is 19.4 Å². The molecular weight excluding hydrogens is 374 g/mol. The molecule has 0 aromatic rings. The topological polar surface area (TPSA) is 103 Å². The number of ether oxygens (including phenoxy) is 1. The van der Waals surface area contributed by atoms with Gasteiger partial charge in [-0.3, -0.25) is 14.5 Å². The van der Waals surface area contributed by atoms with E-state index >= 15 is 0 Å². The van der Waals surface area contributed by atoms with Gasteiger partial charge in [-0.2, -0.15) is 0 Å². The molecule has 3 aliphatic heterocycles. The maximum absolute atomic E-state index is 12.7. The molecule has 3 heterocycles. The highest BCUT2D eigenvalue weighted by Crippen LogP contribution is 2.27. The lowest BCUT2D eigenvalue weighted by atomic mass is 10.0. The first-order chi connectivity index (χ1) is 13.9. The third-order valence-corrected chi connectivity index (χ3v) is 6.13. The monoisotopic (exact) mass is 409 g/mol. The van der Waals surface area contributed by atoms with E-state index in [1.807, 2.05) is 18.7 Å². The van der Waals surface area contributed by atoms with Crippen LogP contribution >= 0.6 is 0 Å². The Morgan fingerprint density at radius 1 is 1.31 bits per heavy atom. The first kappa shape index (κ1) is 21.8. The highest BCUT2D eigenvalue weighted by Gasteiger charge is 2.44.